The van der Waals surface area contributed by atoms with Crippen LogP contribution in [-0.2, 0) is 24.3 Å². The molecule has 32 heavy (non-hydrogen) atoms. The number of amides is 1. The van der Waals surface area contributed by atoms with E-state index in [1.54, 1.807) is 18.2 Å². The summed E-state index contributed by atoms with van der Waals surface area (Å²) in [4.78, 5) is 15.2. The molecule has 0 radical (unpaired) electrons. The molecule has 2 heterocycles. The van der Waals surface area contributed by atoms with E-state index in [1.165, 1.54) is 5.56 Å². The van der Waals surface area contributed by atoms with E-state index in [2.05, 4.69) is 12.1 Å². The van der Waals surface area contributed by atoms with Crippen molar-refractivity contribution in [3.8, 4) is 11.5 Å². The highest BCUT2D eigenvalue weighted by molar-refractivity contribution is 6.42. The predicted octanol–water partition coefficient (Wildman–Crippen LogP) is 5.51. The molecule has 0 saturated carbocycles. The van der Waals surface area contributed by atoms with Gasteiger partial charge in [-0.1, -0.05) is 53.5 Å². The van der Waals surface area contributed by atoms with Gasteiger partial charge in [-0.25, -0.2) is 0 Å². The first-order valence-electron chi connectivity index (χ1n) is 10.4. The number of nitrogens with zero attached hydrogens (tertiary/aromatic N) is 1. The SMILES string of the molecule is O=C(c1ccc(Cl)c(Cl)c1)N1Cc2ccccc2CC1COCc1ccc2c(c1)OCO2. The van der Waals surface area contributed by atoms with Crippen molar-refractivity contribution >= 4 is 29.1 Å². The lowest BCUT2D eigenvalue weighted by Crippen LogP contribution is -2.46. The van der Waals surface area contributed by atoms with Crippen LogP contribution in [0.4, 0.5) is 0 Å². The first-order chi connectivity index (χ1) is 15.6. The van der Waals surface area contributed by atoms with Crippen LogP contribution in [0.5, 0.6) is 11.5 Å². The van der Waals surface area contributed by atoms with Crippen LogP contribution < -0.4 is 9.47 Å². The van der Waals surface area contributed by atoms with Crippen molar-refractivity contribution in [1.82, 2.24) is 4.90 Å². The van der Waals surface area contributed by atoms with Crippen LogP contribution in [0, 0.1) is 0 Å². The maximum Gasteiger partial charge on any atom is 0.254 e. The number of benzene rings is 3. The number of halogens is 2. The van der Waals surface area contributed by atoms with Crippen LogP contribution in [0.3, 0.4) is 0 Å². The van der Waals surface area contributed by atoms with Gasteiger partial charge in [0.25, 0.3) is 5.91 Å². The Morgan fingerprint density at radius 3 is 2.62 bits per heavy atom. The predicted molar refractivity (Wildman–Crippen MR) is 122 cm³/mol. The molecule has 0 aromatic heterocycles. The first-order valence-corrected chi connectivity index (χ1v) is 11.1. The number of hydrogen-bond donors (Lipinski definition) is 0. The second-order valence-corrected chi connectivity index (χ2v) is 8.71. The zero-order chi connectivity index (χ0) is 22.1. The molecule has 5 rings (SSSR count). The van der Waals surface area contributed by atoms with Gasteiger partial charge in [-0.05, 0) is 53.4 Å². The Hall–Kier alpha value is -2.73. The van der Waals surface area contributed by atoms with Gasteiger partial charge < -0.3 is 19.1 Å². The van der Waals surface area contributed by atoms with Gasteiger partial charge >= 0.3 is 0 Å². The molecule has 0 saturated heterocycles. The molecule has 1 atom stereocenters. The molecule has 0 fully saturated rings. The van der Waals surface area contributed by atoms with Gasteiger partial charge in [0.15, 0.2) is 11.5 Å². The summed E-state index contributed by atoms with van der Waals surface area (Å²) in [6.45, 7) is 1.60. The molecule has 7 heteroatoms. The quantitative estimate of drug-likeness (QED) is 0.494. The lowest BCUT2D eigenvalue weighted by molar-refractivity contribution is 0.0325. The topological polar surface area (TPSA) is 48.0 Å². The third kappa shape index (κ3) is 4.29. The van der Waals surface area contributed by atoms with Crippen LogP contribution in [0.1, 0.15) is 27.0 Å². The van der Waals surface area contributed by atoms with E-state index in [4.69, 9.17) is 37.4 Å². The molecular weight excluding hydrogens is 449 g/mol. The van der Waals surface area contributed by atoms with Crippen molar-refractivity contribution in [3.05, 3.63) is 93.0 Å². The molecule has 0 spiro atoms. The summed E-state index contributed by atoms with van der Waals surface area (Å²) in [5, 5.41) is 0.793. The fourth-order valence-corrected chi connectivity index (χ4v) is 4.41. The van der Waals surface area contributed by atoms with Gasteiger partial charge in [0.2, 0.25) is 6.79 Å². The van der Waals surface area contributed by atoms with E-state index in [0.29, 0.717) is 35.4 Å². The number of carbonyl (C=O) groups is 1. The fraction of sp³-hybridized carbons (Fsp3) is 0.240. The van der Waals surface area contributed by atoms with Crippen LogP contribution in [-0.4, -0.2) is 30.2 Å². The minimum atomic E-state index is -0.0964. The molecule has 0 bridgehead atoms. The molecule has 164 valence electrons. The van der Waals surface area contributed by atoms with E-state index in [1.807, 2.05) is 35.2 Å². The van der Waals surface area contributed by atoms with Crippen molar-refractivity contribution in [3.63, 3.8) is 0 Å². The van der Waals surface area contributed by atoms with Gasteiger partial charge in [-0.2, -0.15) is 0 Å². The normalized spacial score (nSPS) is 16.7. The lowest BCUT2D eigenvalue weighted by Gasteiger charge is -2.37. The fourth-order valence-electron chi connectivity index (χ4n) is 4.11. The number of hydrogen-bond acceptors (Lipinski definition) is 4. The number of rotatable bonds is 5. The Kier molecular flexibility index (Phi) is 5.96. The minimum absolute atomic E-state index is 0.0882. The Labute approximate surface area is 196 Å². The zero-order valence-electron chi connectivity index (χ0n) is 17.2. The summed E-state index contributed by atoms with van der Waals surface area (Å²) >= 11 is 12.2. The summed E-state index contributed by atoms with van der Waals surface area (Å²) in [5.74, 6) is 1.39. The van der Waals surface area contributed by atoms with E-state index < -0.39 is 0 Å². The molecule has 0 aliphatic carbocycles. The Bertz CT molecular complexity index is 1170. The highest BCUT2D eigenvalue weighted by Crippen LogP contribution is 2.33. The molecule has 2 aliphatic heterocycles. The van der Waals surface area contributed by atoms with Gasteiger partial charge in [0, 0.05) is 12.1 Å². The molecule has 3 aromatic rings. The lowest BCUT2D eigenvalue weighted by atomic mass is 9.93. The van der Waals surface area contributed by atoms with E-state index in [-0.39, 0.29) is 18.7 Å². The van der Waals surface area contributed by atoms with Crippen molar-refractivity contribution in [2.24, 2.45) is 0 Å². The first kappa shape index (κ1) is 21.1. The standard InChI is InChI=1S/C25H21Cl2NO4/c26-21-7-6-18(11-22(21)27)25(29)28-12-19-4-2-1-3-17(19)10-20(28)14-30-13-16-5-8-23-24(9-16)32-15-31-23/h1-9,11,20H,10,12-15H2. The van der Waals surface area contributed by atoms with Crippen molar-refractivity contribution in [2.75, 3.05) is 13.4 Å². The van der Waals surface area contributed by atoms with E-state index in [9.17, 15) is 4.79 Å². The van der Waals surface area contributed by atoms with Gasteiger partial charge in [-0.15, -0.1) is 0 Å². The largest absolute Gasteiger partial charge is 0.454 e. The van der Waals surface area contributed by atoms with Crippen LogP contribution in [0.2, 0.25) is 10.0 Å². The van der Waals surface area contributed by atoms with Crippen molar-refractivity contribution in [1.29, 1.82) is 0 Å². The van der Waals surface area contributed by atoms with Crippen LogP contribution in [0.15, 0.2) is 60.7 Å². The monoisotopic (exact) mass is 469 g/mol. The average molecular weight is 470 g/mol. The summed E-state index contributed by atoms with van der Waals surface area (Å²) in [6, 6.07) is 18.9. The minimum Gasteiger partial charge on any atom is -0.454 e. The summed E-state index contributed by atoms with van der Waals surface area (Å²) in [7, 11) is 0. The maximum atomic E-state index is 13.4. The number of carbonyl (C=O) groups excluding carboxylic acids is 1. The molecule has 0 N–H and O–H groups in total. The average Bonchev–Trinajstić information content (AvgIpc) is 3.28. The van der Waals surface area contributed by atoms with Crippen molar-refractivity contribution < 1.29 is 19.0 Å². The smallest absolute Gasteiger partial charge is 0.254 e. The molecule has 5 nitrogen and oxygen atoms in total. The van der Waals surface area contributed by atoms with Crippen LogP contribution in [0.25, 0.3) is 0 Å². The highest BCUT2D eigenvalue weighted by Gasteiger charge is 2.30. The molecule has 3 aromatic carbocycles. The highest BCUT2D eigenvalue weighted by atomic mass is 35.5. The molecular formula is C25H21Cl2NO4. The Morgan fingerprint density at radius 1 is 0.969 bits per heavy atom. The summed E-state index contributed by atoms with van der Waals surface area (Å²) < 4.78 is 16.9. The van der Waals surface area contributed by atoms with Crippen LogP contribution >= 0.6 is 23.2 Å². The third-order valence-corrected chi connectivity index (χ3v) is 6.54. The third-order valence-electron chi connectivity index (χ3n) is 5.80. The Balaban J connectivity index is 1.33. The molecule has 1 amide bonds. The summed E-state index contributed by atoms with van der Waals surface area (Å²) in [5.41, 5.74) is 3.89. The second kappa shape index (κ2) is 9.02. The van der Waals surface area contributed by atoms with Gasteiger partial charge in [-0.3, -0.25) is 4.79 Å². The van der Waals surface area contributed by atoms with E-state index in [0.717, 1.165) is 29.0 Å². The number of fused-ring (bicyclic) bond motifs is 2. The zero-order valence-corrected chi connectivity index (χ0v) is 18.7. The molecule has 2 aliphatic rings. The van der Waals surface area contributed by atoms with Crippen molar-refractivity contribution in [2.45, 2.75) is 25.6 Å². The molecule has 1 unspecified atom stereocenters. The van der Waals surface area contributed by atoms with E-state index >= 15 is 0 Å². The number of ether oxygens (including phenoxy) is 3. The second-order valence-electron chi connectivity index (χ2n) is 7.89. The van der Waals surface area contributed by atoms with Gasteiger partial charge in [0.05, 0.1) is 29.3 Å². The summed E-state index contributed by atoms with van der Waals surface area (Å²) in [6.07, 6.45) is 0.727. The van der Waals surface area contributed by atoms with Gasteiger partial charge in [0.1, 0.15) is 0 Å². The Morgan fingerprint density at radius 2 is 1.78 bits per heavy atom. The maximum absolute atomic E-state index is 13.4.